The van der Waals surface area contributed by atoms with Gasteiger partial charge in [-0.25, -0.2) is 4.79 Å². The number of carboxylic acids is 1. The Hall–Kier alpha value is -5.11. The highest BCUT2D eigenvalue weighted by atomic mass is 16.5. The third-order valence-electron chi connectivity index (χ3n) is 6.15. The molecule has 0 bridgehead atoms. The van der Waals surface area contributed by atoms with Gasteiger partial charge in [0.2, 0.25) is 0 Å². The molecule has 1 aliphatic rings. The van der Waals surface area contributed by atoms with Gasteiger partial charge in [-0.15, -0.1) is 0 Å². The van der Waals surface area contributed by atoms with Crippen molar-refractivity contribution in [3.8, 4) is 11.5 Å². The Morgan fingerprint density at radius 1 is 0.649 bits per heavy atom. The molecule has 0 fully saturated rings. The molecule has 37 heavy (non-hydrogen) atoms. The predicted molar refractivity (Wildman–Crippen MR) is 139 cm³/mol. The van der Waals surface area contributed by atoms with Crippen molar-refractivity contribution >= 4 is 40.3 Å². The molecule has 0 spiro atoms. The third-order valence-corrected chi connectivity index (χ3v) is 6.15. The number of ether oxygens (including phenoxy) is 2. The molecule has 8 nitrogen and oxygen atoms in total. The van der Waals surface area contributed by atoms with E-state index in [9.17, 15) is 19.5 Å². The van der Waals surface area contributed by atoms with E-state index in [1.807, 2.05) is 0 Å². The van der Waals surface area contributed by atoms with Crippen LogP contribution in [0.15, 0.2) is 78.9 Å². The van der Waals surface area contributed by atoms with Crippen molar-refractivity contribution < 1.29 is 29.0 Å². The van der Waals surface area contributed by atoms with Gasteiger partial charge in [0.1, 0.15) is 11.5 Å². The fraction of sp³-hybridized carbons (Fsp3) is 0.0690. The van der Waals surface area contributed by atoms with Gasteiger partial charge in [0, 0.05) is 22.5 Å². The van der Waals surface area contributed by atoms with Gasteiger partial charge in [0.25, 0.3) is 0 Å². The van der Waals surface area contributed by atoms with Crippen molar-refractivity contribution in [2.75, 3.05) is 24.9 Å². The lowest BCUT2D eigenvalue weighted by Crippen LogP contribution is -2.24. The van der Waals surface area contributed by atoms with Crippen molar-refractivity contribution in [3.63, 3.8) is 0 Å². The van der Waals surface area contributed by atoms with Crippen LogP contribution in [0.2, 0.25) is 0 Å². The van der Waals surface area contributed by atoms with Crippen molar-refractivity contribution in [1.29, 1.82) is 0 Å². The number of hydrogen-bond donors (Lipinski definition) is 3. The fourth-order valence-electron chi connectivity index (χ4n) is 4.27. The minimum atomic E-state index is -1.18. The molecule has 0 amide bonds. The van der Waals surface area contributed by atoms with Crippen LogP contribution in [0.1, 0.15) is 42.2 Å². The van der Waals surface area contributed by atoms with E-state index in [0.717, 1.165) is 0 Å². The van der Waals surface area contributed by atoms with E-state index in [4.69, 9.17) is 9.47 Å². The van der Waals surface area contributed by atoms with Gasteiger partial charge >= 0.3 is 5.97 Å². The minimum Gasteiger partial charge on any atom is -0.497 e. The zero-order valence-electron chi connectivity index (χ0n) is 20.0. The number of methoxy groups -OCH3 is 2. The summed E-state index contributed by atoms with van der Waals surface area (Å²) in [5.41, 5.74) is 2.76. The molecular weight excluding hydrogens is 472 g/mol. The number of aromatic carboxylic acids is 1. The smallest absolute Gasteiger partial charge is 0.335 e. The van der Waals surface area contributed by atoms with E-state index in [0.29, 0.717) is 34.2 Å². The van der Waals surface area contributed by atoms with Gasteiger partial charge in [0.15, 0.2) is 11.6 Å². The van der Waals surface area contributed by atoms with Crippen LogP contribution in [-0.2, 0) is 0 Å². The second-order valence-corrected chi connectivity index (χ2v) is 8.34. The van der Waals surface area contributed by atoms with E-state index in [1.54, 1.807) is 74.9 Å². The molecule has 1 aliphatic carbocycles. The standard InChI is InChI=1S/C29H22N2O6/c1-36-19-8-4-17(5-9-19)30-23-13-14-24(31-18-6-10-20(37-2)11-7-18)26-25(23)27(32)21-12-3-16(29(34)35)15-22(21)28(26)33/h3-15,30-31H,1-2H3,(H,34,35). The Bertz CT molecular complexity index is 1540. The molecule has 3 N–H and O–H groups in total. The lowest BCUT2D eigenvalue weighted by Gasteiger charge is -2.24. The summed E-state index contributed by atoms with van der Waals surface area (Å²) in [6, 6.07) is 21.7. The van der Waals surface area contributed by atoms with Gasteiger partial charge in [-0.2, -0.15) is 0 Å². The quantitative estimate of drug-likeness (QED) is 0.265. The maximum atomic E-state index is 13.8. The van der Waals surface area contributed by atoms with Crippen LogP contribution in [0, 0.1) is 0 Å². The highest BCUT2D eigenvalue weighted by Gasteiger charge is 2.34. The lowest BCUT2D eigenvalue weighted by molar-refractivity contribution is 0.0696. The first kappa shape index (κ1) is 23.6. The van der Waals surface area contributed by atoms with Gasteiger partial charge in [0.05, 0.1) is 42.3 Å². The maximum absolute atomic E-state index is 13.8. The van der Waals surface area contributed by atoms with Crippen molar-refractivity contribution in [3.05, 3.63) is 107 Å². The number of carbonyl (C=O) groups excluding carboxylic acids is 2. The second-order valence-electron chi connectivity index (χ2n) is 8.34. The van der Waals surface area contributed by atoms with E-state index >= 15 is 0 Å². The summed E-state index contributed by atoms with van der Waals surface area (Å²) in [5.74, 6) is -0.646. The average Bonchev–Trinajstić information content (AvgIpc) is 2.92. The zero-order chi connectivity index (χ0) is 26.1. The number of benzene rings is 4. The van der Waals surface area contributed by atoms with Crippen molar-refractivity contribution in [1.82, 2.24) is 0 Å². The van der Waals surface area contributed by atoms with Crippen LogP contribution in [-0.4, -0.2) is 36.9 Å². The molecule has 0 aromatic heterocycles. The van der Waals surface area contributed by atoms with Crippen LogP contribution in [0.25, 0.3) is 0 Å². The normalized spacial score (nSPS) is 11.8. The average molecular weight is 495 g/mol. The first-order valence-electron chi connectivity index (χ1n) is 11.4. The molecular formula is C29H22N2O6. The molecule has 5 rings (SSSR count). The predicted octanol–water partition coefficient (Wildman–Crippen LogP) is 5.66. The number of anilines is 4. The lowest BCUT2D eigenvalue weighted by atomic mass is 9.81. The molecule has 0 unspecified atom stereocenters. The molecule has 0 saturated carbocycles. The SMILES string of the molecule is COc1ccc(Nc2ccc(Nc3ccc(OC)cc3)c3c2C(=O)c2ccc(C(=O)O)cc2C3=O)cc1. The monoisotopic (exact) mass is 494 g/mol. The van der Waals surface area contributed by atoms with Crippen LogP contribution >= 0.6 is 0 Å². The molecule has 4 aromatic carbocycles. The number of carbonyl (C=O) groups is 3. The van der Waals surface area contributed by atoms with Crippen LogP contribution in [0.3, 0.4) is 0 Å². The summed E-state index contributed by atoms with van der Waals surface area (Å²) in [7, 11) is 3.14. The highest BCUT2D eigenvalue weighted by molar-refractivity contribution is 6.32. The molecule has 4 aromatic rings. The maximum Gasteiger partial charge on any atom is 0.335 e. The van der Waals surface area contributed by atoms with E-state index in [2.05, 4.69) is 10.6 Å². The van der Waals surface area contributed by atoms with Gasteiger partial charge in [-0.3, -0.25) is 9.59 Å². The number of carboxylic acid groups (broad SMARTS) is 1. The number of ketones is 2. The third kappa shape index (κ3) is 4.36. The van der Waals surface area contributed by atoms with Gasteiger partial charge in [-0.05, 0) is 78.9 Å². The highest BCUT2D eigenvalue weighted by Crippen LogP contribution is 2.39. The molecule has 0 saturated heterocycles. The molecule has 0 radical (unpaired) electrons. The summed E-state index contributed by atoms with van der Waals surface area (Å²) >= 11 is 0. The van der Waals surface area contributed by atoms with Crippen molar-refractivity contribution in [2.45, 2.75) is 0 Å². The number of rotatable bonds is 7. The Balaban J connectivity index is 1.64. The second kappa shape index (κ2) is 9.50. The summed E-state index contributed by atoms with van der Waals surface area (Å²) in [4.78, 5) is 39.1. The van der Waals surface area contributed by atoms with E-state index in [1.165, 1.54) is 18.2 Å². The van der Waals surface area contributed by atoms with Crippen LogP contribution < -0.4 is 20.1 Å². The largest absolute Gasteiger partial charge is 0.497 e. The van der Waals surface area contributed by atoms with Crippen molar-refractivity contribution in [2.24, 2.45) is 0 Å². The summed E-state index contributed by atoms with van der Waals surface area (Å²) in [5, 5.41) is 15.9. The number of fused-ring (bicyclic) bond motifs is 2. The summed E-state index contributed by atoms with van der Waals surface area (Å²) in [6.07, 6.45) is 0. The Labute approximate surface area is 212 Å². The van der Waals surface area contributed by atoms with E-state index < -0.39 is 11.8 Å². The van der Waals surface area contributed by atoms with E-state index in [-0.39, 0.29) is 33.6 Å². The fourth-order valence-corrected chi connectivity index (χ4v) is 4.27. The van der Waals surface area contributed by atoms with Crippen LogP contribution in [0.5, 0.6) is 11.5 Å². The Morgan fingerprint density at radius 3 is 1.54 bits per heavy atom. The Kier molecular flexibility index (Phi) is 6.07. The Morgan fingerprint density at radius 2 is 1.11 bits per heavy atom. The van der Waals surface area contributed by atoms with Crippen LogP contribution in [0.4, 0.5) is 22.7 Å². The summed E-state index contributed by atoms with van der Waals surface area (Å²) in [6.45, 7) is 0. The van der Waals surface area contributed by atoms with Gasteiger partial charge in [-0.1, -0.05) is 0 Å². The van der Waals surface area contributed by atoms with Gasteiger partial charge < -0.3 is 25.2 Å². The molecule has 0 atom stereocenters. The first-order valence-corrected chi connectivity index (χ1v) is 11.4. The molecule has 184 valence electrons. The molecule has 0 heterocycles. The first-order chi connectivity index (χ1) is 17.9. The molecule has 8 heteroatoms. The number of nitrogens with one attached hydrogen (secondary N) is 2. The minimum absolute atomic E-state index is 0.0526. The number of hydrogen-bond acceptors (Lipinski definition) is 7. The topological polar surface area (TPSA) is 114 Å². The summed E-state index contributed by atoms with van der Waals surface area (Å²) < 4.78 is 10.4. The molecule has 0 aliphatic heterocycles. The zero-order valence-corrected chi connectivity index (χ0v) is 20.0.